The number of carbonyl (C=O) groups is 2. The molecule has 0 aliphatic carbocycles. The third kappa shape index (κ3) is 8.03. The molecule has 0 aliphatic heterocycles. The Bertz CT molecular complexity index is 758. The number of nitro groups is 1. The second kappa shape index (κ2) is 9.25. The molecule has 0 radical (unpaired) electrons. The van der Waals surface area contributed by atoms with Gasteiger partial charge in [-0.05, 0) is 5.56 Å². The molecule has 0 heterocycles. The van der Waals surface area contributed by atoms with Crippen LogP contribution in [0.2, 0.25) is 0 Å². The Morgan fingerprint density at radius 2 is 1.58 bits per heavy atom. The average molecular weight is 389 g/mol. The van der Waals surface area contributed by atoms with Gasteiger partial charge in [0.2, 0.25) is 0 Å². The molecular weight excluding hydrogens is 370 g/mol. The molecule has 0 bridgehead atoms. The van der Waals surface area contributed by atoms with Crippen LogP contribution in [0.25, 0.3) is 0 Å². The number of rotatable bonds is 9. The second-order valence-electron chi connectivity index (χ2n) is 5.41. The van der Waals surface area contributed by atoms with E-state index >= 15 is 0 Å². The van der Waals surface area contributed by atoms with Crippen molar-refractivity contribution in [3.8, 4) is 0 Å². The van der Waals surface area contributed by atoms with Crippen LogP contribution in [-0.2, 0) is 39.8 Å². The first-order valence-electron chi connectivity index (χ1n) is 7.40. The van der Waals surface area contributed by atoms with Gasteiger partial charge in [0.05, 0.1) is 11.2 Å². The minimum Gasteiger partial charge on any atom is -0.458 e. The predicted octanol–water partition coefficient (Wildman–Crippen LogP) is 0.977. The predicted molar refractivity (Wildman–Crippen MR) is 88.7 cm³/mol. The van der Waals surface area contributed by atoms with Gasteiger partial charge in [0.15, 0.2) is 6.10 Å². The summed E-state index contributed by atoms with van der Waals surface area (Å²) in [5.74, 6) is -1.39. The SMILES string of the molecule is CC(=O)OC(COS(C)(=O)=O)C(Cc1ccc([N+](=O)[O-])cc1)OC(C)=O. The molecule has 1 aromatic carbocycles. The Hall–Kier alpha value is -2.53. The normalized spacial score (nSPS) is 13.5. The van der Waals surface area contributed by atoms with Crippen molar-refractivity contribution in [2.45, 2.75) is 32.5 Å². The van der Waals surface area contributed by atoms with Crippen LogP contribution in [0.3, 0.4) is 0 Å². The molecule has 0 fully saturated rings. The molecule has 1 aromatic rings. The Morgan fingerprint density at radius 1 is 1.08 bits per heavy atom. The van der Waals surface area contributed by atoms with Crippen molar-refractivity contribution in [3.05, 3.63) is 39.9 Å². The zero-order valence-electron chi connectivity index (χ0n) is 14.4. The minimum absolute atomic E-state index is 0.0304. The van der Waals surface area contributed by atoms with E-state index in [0.29, 0.717) is 5.56 Å². The van der Waals surface area contributed by atoms with Gasteiger partial charge in [-0.1, -0.05) is 12.1 Å². The van der Waals surface area contributed by atoms with E-state index in [0.717, 1.165) is 20.1 Å². The lowest BCUT2D eigenvalue weighted by Crippen LogP contribution is -2.40. The average Bonchev–Trinajstić information content (AvgIpc) is 2.49. The van der Waals surface area contributed by atoms with Crippen LogP contribution in [-0.4, -0.2) is 50.4 Å². The van der Waals surface area contributed by atoms with Crippen LogP contribution in [0.4, 0.5) is 5.69 Å². The quantitative estimate of drug-likeness (QED) is 0.261. The summed E-state index contributed by atoms with van der Waals surface area (Å²) in [4.78, 5) is 32.8. The molecule has 11 heteroatoms. The molecule has 0 saturated heterocycles. The van der Waals surface area contributed by atoms with E-state index in [1.807, 2.05) is 0 Å². The van der Waals surface area contributed by atoms with Crippen LogP contribution in [0.1, 0.15) is 19.4 Å². The van der Waals surface area contributed by atoms with Gasteiger partial charge in [0.1, 0.15) is 12.7 Å². The van der Waals surface area contributed by atoms with Gasteiger partial charge in [-0.3, -0.25) is 23.9 Å². The third-order valence-electron chi connectivity index (χ3n) is 3.08. The molecule has 2 atom stereocenters. The standard InChI is InChI=1S/C15H19NO9S/c1-10(17)24-14(8-12-4-6-13(7-5-12)16(19)20)15(25-11(2)18)9-23-26(3,21)22/h4-7,14-15H,8-9H2,1-3H3. The number of nitro benzene ring substituents is 1. The lowest BCUT2D eigenvalue weighted by molar-refractivity contribution is -0.384. The summed E-state index contributed by atoms with van der Waals surface area (Å²) in [6.07, 6.45) is -1.36. The van der Waals surface area contributed by atoms with Crippen LogP contribution >= 0.6 is 0 Å². The topological polar surface area (TPSA) is 139 Å². The molecule has 0 saturated carbocycles. The lowest BCUT2D eigenvalue weighted by Gasteiger charge is -2.26. The number of nitrogens with zero attached hydrogens (tertiary/aromatic N) is 1. The highest BCUT2D eigenvalue weighted by Crippen LogP contribution is 2.17. The van der Waals surface area contributed by atoms with Crippen molar-refractivity contribution in [1.29, 1.82) is 0 Å². The third-order valence-corrected chi connectivity index (χ3v) is 3.64. The van der Waals surface area contributed by atoms with Crippen LogP contribution in [0, 0.1) is 10.1 Å². The molecule has 144 valence electrons. The highest BCUT2D eigenvalue weighted by atomic mass is 32.2. The van der Waals surface area contributed by atoms with Crippen molar-refractivity contribution >= 4 is 27.7 Å². The summed E-state index contributed by atoms with van der Waals surface area (Å²) in [6.45, 7) is 1.72. The second-order valence-corrected chi connectivity index (χ2v) is 7.06. The molecule has 10 nitrogen and oxygen atoms in total. The van der Waals surface area contributed by atoms with E-state index in [1.54, 1.807) is 0 Å². The minimum atomic E-state index is -3.81. The molecule has 0 amide bonds. The van der Waals surface area contributed by atoms with E-state index in [4.69, 9.17) is 9.47 Å². The van der Waals surface area contributed by atoms with Crippen molar-refractivity contribution in [2.24, 2.45) is 0 Å². The van der Waals surface area contributed by atoms with E-state index in [9.17, 15) is 28.1 Å². The van der Waals surface area contributed by atoms with Gasteiger partial charge in [0, 0.05) is 32.4 Å². The number of benzene rings is 1. The Morgan fingerprint density at radius 3 is 2.00 bits per heavy atom. The summed E-state index contributed by atoms with van der Waals surface area (Å²) < 4.78 is 37.2. The first-order chi connectivity index (χ1) is 12.0. The van der Waals surface area contributed by atoms with Gasteiger partial charge in [-0.2, -0.15) is 8.42 Å². The summed E-state index contributed by atoms with van der Waals surface area (Å²) >= 11 is 0. The summed E-state index contributed by atoms with van der Waals surface area (Å²) in [5, 5.41) is 10.7. The fraction of sp³-hybridized carbons (Fsp3) is 0.467. The smallest absolute Gasteiger partial charge is 0.303 e. The molecule has 0 aliphatic rings. The highest BCUT2D eigenvalue weighted by molar-refractivity contribution is 7.85. The Labute approximate surface area is 150 Å². The molecule has 0 N–H and O–H groups in total. The van der Waals surface area contributed by atoms with Gasteiger partial charge in [-0.25, -0.2) is 0 Å². The summed E-state index contributed by atoms with van der Waals surface area (Å²) in [7, 11) is -3.81. The van der Waals surface area contributed by atoms with Crippen molar-refractivity contribution in [1.82, 2.24) is 0 Å². The van der Waals surface area contributed by atoms with E-state index in [2.05, 4.69) is 4.18 Å². The maximum Gasteiger partial charge on any atom is 0.303 e. The fourth-order valence-electron chi connectivity index (χ4n) is 2.07. The lowest BCUT2D eigenvalue weighted by atomic mass is 10.0. The van der Waals surface area contributed by atoms with Crippen LogP contribution in [0.5, 0.6) is 0 Å². The highest BCUT2D eigenvalue weighted by Gasteiger charge is 2.29. The monoisotopic (exact) mass is 389 g/mol. The molecule has 2 unspecified atom stereocenters. The zero-order valence-corrected chi connectivity index (χ0v) is 15.2. The maximum atomic E-state index is 11.4. The van der Waals surface area contributed by atoms with Gasteiger partial charge in [-0.15, -0.1) is 0 Å². The number of hydrogen-bond donors (Lipinski definition) is 0. The summed E-state index contributed by atoms with van der Waals surface area (Å²) in [6, 6.07) is 5.45. The van der Waals surface area contributed by atoms with Crippen LogP contribution < -0.4 is 0 Å². The largest absolute Gasteiger partial charge is 0.458 e. The number of hydrogen-bond acceptors (Lipinski definition) is 9. The first-order valence-corrected chi connectivity index (χ1v) is 9.21. The van der Waals surface area contributed by atoms with E-state index in [-0.39, 0.29) is 12.1 Å². The molecule has 1 rings (SSSR count). The number of carbonyl (C=O) groups excluding carboxylic acids is 2. The number of ether oxygens (including phenoxy) is 2. The first kappa shape index (κ1) is 21.5. The maximum absolute atomic E-state index is 11.4. The summed E-state index contributed by atoms with van der Waals surface area (Å²) in [5.41, 5.74) is 0.438. The zero-order chi connectivity index (χ0) is 19.9. The van der Waals surface area contributed by atoms with Gasteiger partial charge >= 0.3 is 11.9 Å². The van der Waals surface area contributed by atoms with E-state index in [1.165, 1.54) is 24.3 Å². The number of esters is 2. The van der Waals surface area contributed by atoms with Crippen LogP contribution in [0.15, 0.2) is 24.3 Å². The molecular formula is C15H19NO9S. The van der Waals surface area contributed by atoms with Crippen molar-refractivity contribution in [2.75, 3.05) is 12.9 Å². The Kier molecular flexibility index (Phi) is 7.65. The van der Waals surface area contributed by atoms with Gasteiger partial charge in [0.25, 0.3) is 15.8 Å². The van der Waals surface area contributed by atoms with Gasteiger partial charge < -0.3 is 9.47 Å². The molecule has 0 aromatic heterocycles. The Balaban J connectivity index is 3.02. The molecule has 26 heavy (non-hydrogen) atoms. The number of non-ortho nitro benzene ring substituents is 1. The molecule has 0 spiro atoms. The fourth-order valence-corrected chi connectivity index (χ4v) is 2.45. The van der Waals surface area contributed by atoms with Crippen molar-refractivity contribution < 1.29 is 36.6 Å². The van der Waals surface area contributed by atoms with E-state index < -0.39 is 45.8 Å². The van der Waals surface area contributed by atoms with Crippen molar-refractivity contribution in [3.63, 3.8) is 0 Å².